The third kappa shape index (κ3) is 3.97. The van der Waals surface area contributed by atoms with Crippen LogP contribution in [-0.2, 0) is 20.0 Å². The summed E-state index contributed by atoms with van der Waals surface area (Å²) in [5.41, 5.74) is 2.49. The van der Waals surface area contributed by atoms with Crippen molar-refractivity contribution in [1.82, 2.24) is 15.1 Å². The van der Waals surface area contributed by atoms with E-state index in [9.17, 15) is 0 Å². The van der Waals surface area contributed by atoms with Crippen molar-refractivity contribution in [3.05, 3.63) is 41.6 Å². The Kier molecular flexibility index (Phi) is 5.01. The van der Waals surface area contributed by atoms with Gasteiger partial charge in [0.15, 0.2) is 0 Å². The second-order valence-electron chi connectivity index (χ2n) is 5.77. The second-order valence-corrected chi connectivity index (χ2v) is 5.77. The zero-order valence-electron chi connectivity index (χ0n) is 12.9. The topological polar surface area (TPSA) is 43.0 Å². The predicted molar refractivity (Wildman–Crippen MR) is 80.6 cm³/mol. The van der Waals surface area contributed by atoms with Crippen molar-refractivity contribution in [3.8, 4) is 0 Å². The van der Waals surface area contributed by atoms with E-state index in [0.717, 1.165) is 25.1 Å². The first-order chi connectivity index (χ1) is 9.56. The molecule has 2 rings (SSSR count). The van der Waals surface area contributed by atoms with Crippen LogP contribution >= 0.6 is 0 Å². The summed E-state index contributed by atoms with van der Waals surface area (Å²) >= 11 is 0. The SMILES string of the molecule is CC(CCc1ccco1)NCc1cn(C)nc1C(C)C. The highest BCUT2D eigenvalue weighted by atomic mass is 16.3. The van der Waals surface area contributed by atoms with E-state index in [1.54, 1.807) is 6.26 Å². The first-order valence-electron chi connectivity index (χ1n) is 7.34. The van der Waals surface area contributed by atoms with Crippen LogP contribution in [0.5, 0.6) is 0 Å². The summed E-state index contributed by atoms with van der Waals surface area (Å²) in [4.78, 5) is 0. The predicted octanol–water partition coefficient (Wildman–Crippen LogP) is 3.25. The van der Waals surface area contributed by atoms with Crippen LogP contribution in [0.4, 0.5) is 0 Å². The van der Waals surface area contributed by atoms with Gasteiger partial charge in [-0.15, -0.1) is 0 Å². The van der Waals surface area contributed by atoms with Crippen molar-refractivity contribution in [2.45, 2.75) is 52.1 Å². The molecule has 0 aliphatic rings. The van der Waals surface area contributed by atoms with Gasteiger partial charge in [0.1, 0.15) is 5.76 Å². The summed E-state index contributed by atoms with van der Waals surface area (Å²) in [6.07, 6.45) is 5.90. The van der Waals surface area contributed by atoms with E-state index in [4.69, 9.17) is 4.42 Å². The fourth-order valence-corrected chi connectivity index (χ4v) is 2.38. The van der Waals surface area contributed by atoms with Crippen LogP contribution in [0.1, 0.15) is 50.1 Å². The first kappa shape index (κ1) is 14.9. The molecule has 0 saturated carbocycles. The minimum Gasteiger partial charge on any atom is -0.469 e. The molecule has 1 N–H and O–H groups in total. The molecule has 110 valence electrons. The molecule has 0 aliphatic heterocycles. The number of aromatic nitrogens is 2. The van der Waals surface area contributed by atoms with E-state index in [2.05, 4.69) is 37.4 Å². The molecule has 2 heterocycles. The number of nitrogens with zero attached hydrogens (tertiary/aromatic N) is 2. The molecule has 1 atom stereocenters. The number of furan rings is 1. The molecular formula is C16H25N3O. The lowest BCUT2D eigenvalue weighted by Gasteiger charge is -2.13. The Morgan fingerprint density at radius 2 is 2.15 bits per heavy atom. The van der Waals surface area contributed by atoms with Gasteiger partial charge in [0.25, 0.3) is 0 Å². The van der Waals surface area contributed by atoms with Crippen molar-refractivity contribution < 1.29 is 4.42 Å². The fourth-order valence-electron chi connectivity index (χ4n) is 2.38. The van der Waals surface area contributed by atoms with Crippen molar-refractivity contribution in [2.75, 3.05) is 0 Å². The Morgan fingerprint density at radius 1 is 1.35 bits per heavy atom. The lowest BCUT2D eigenvalue weighted by atomic mass is 10.1. The zero-order valence-corrected chi connectivity index (χ0v) is 12.9. The maximum Gasteiger partial charge on any atom is 0.103 e. The Morgan fingerprint density at radius 3 is 2.80 bits per heavy atom. The van der Waals surface area contributed by atoms with Crippen molar-refractivity contribution in [2.24, 2.45) is 7.05 Å². The normalized spacial score (nSPS) is 13.1. The number of hydrogen-bond donors (Lipinski definition) is 1. The molecule has 0 spiro atoms. The van der Waals surface area contributed by atoms with Crippen molar-refractivity contribution >= 4 is 0 Å². The number of nitrogens with one attached hydrogen (secondary N) is 1. The van der Waals surface area contributed by atoms with Crippen LogP contribution in [0.3, 0.4) is 0 Å². The van der Waals surface area contributed by atoms with Gasteiger partial charge in [-0.05, 0) is 31.4 Å². The van der Waals surface area contributed by atoms with Gasteiger partial charge < -0.3 is 9.73 Å². The lowest BCUT2D eigenvalue weighted by molar-refractivity contribution is 0.459. The Hall–Kier alpha value is -1.55. The molecule has 0 aromatic carbocycles. The molecule has 0 amide bonds. The highest BCUT2D eigenvalue weighted by Gasteiger charge is 2.12. The van der Waals surface area contributed by atoms with E-state index >= 15 is 0 Å². The van der Waals surface area contributed by atoms with Crippen LogP contribution in [0, 0.1) is 0 Å². The van der Waals surface area contributed by atoms with Crippen LogP contribution < -0.4 is 5.32 Å². The molecule has 0 fully saturated rings. The average molecular weight is 275 g/mol. The first-order valence-corrected chi connectivity index (χ1v) is 7.34. The van der Waals surface area contributed by atoms with Gasteiger partial charge >= 0.3 is 0 Å². The summed E-state index contributed by atoms with van der Waals surface area (Å²) in [6.45, 7) is 7.47. The molecule has 20 heavy (non-hydrogen) atoms. The Labute approximate surface area is 121 Å². The maximum absolute atomic E-state index is 5.36. The van der Waals surface area contributed by atoms with Gasteiger partial charge in [0.05, 0.1) is 12.0 Å². The molecule has 0 bridgehead atoms. The van der Waals surface area contributed by atoms with E-state index in [0.29, 0.717) is 12.0 Å². The van der Waals surface area contributed by atoms with Gasteiger partial charge in [-0.2, -0.15) is 5.10 Å². The van der Waals surface area contributed by atoms with Crippen LogP contribution in [0.25, 0.3) is 0 Å². The summed E-state index contributed by atoms with van der Waals surface area (Å²) < 4.78 is 7.26. The van der Waals surface area contributed by atoms with Gasteiger partial charge in [0.2, 0.25) is 0 Å². The summed E-state index contributed by atoms with van der Waals surface area (Å²) in [7, 11) is 1.98. The molecule has 1 unspecified atom stereocenters. The van der Waals surface area contributed by atoms with E-state index in [1.165, 1.54) is 11.3 Å². The smallest absolute Gasteiger partial charge is 0.103 e. The van der Waals surface area contributed by atoms with E-state index in [-0.39, 0.29) is 0 Å². The standard InChI is InChI=1S/C16H25N3O/c1-12(2)16-14(11-19(4)18-16)10-17-13(3)7-8-15-6-5-9-20-15/h5-6,9,11-13,17H,7-8,10H2,1-4H3. The van der Waals surface area contributed by atoms with Crippen LogP contribution in [0.2, 0.25) is 0 Å². The minimum atomic E-state index is 0.459. The fraction of sp³-hybridized carbons (Fsp3) is 0.562. The van der Waals surface area contributed by atoms with E-state index < -0.39 is 0 Å². The van der Waals surface area contributed by atoms with Crippen molar-refractivity contribution in [3.63, 3.8) is 0 Å². The Balaban J connectivity index is 1.82. The van der Waals surface area contributed by atoms with Gasteiger partial charge in [0, 0.05) is 37.8 Å². The minimum absolute atomic E-state index is 0.459. The van der Waals surface area contributed by atoms with Gasteiger partial charge in [-0.1, -0.05) is 13.8 Å². The van der Waals surface area contributed by atoms with Crippen LogP contribution in [-0.4, -0.2) is 15.8 Å². The monoisotopic (exact) mass is 275 g/mol. The lowest BCUT2D eigenvalue weighted by Crippen LogP contribution is -2.26. The number of hydrogen-bond acceptors (Lipinski definition) is 3. The number of aryl methyl sites for hydroxylation is 2. The van der Waals surface area contributed by atoms with Gasteiger partial charge in [-0.3, -0.25) is 4.68 Å². The zero-order chi connectivity index (χ0) is 14.5. The summed E-state index contributed by atoms with van der Waals surface area (Å²) in [6, 6.07) is 4.43. The number of rotatable bonds is 7. The van der Waals surface area contributed by atoms with Crippen molar-refractivity contribution in [1.29, 1.82) is 0 Å². The van der Waals surface area contributed by atoms with Gasteiger partial charge in [-0.25, -0.2) is 0 Å². The molecule has 0 saturated heterocycles. The summed E-state index contributed by atoms with van der Waals surface area (Å²) in [5.74, 6) is 1.52. The average Bonchev–Trinajstić information content (AvgIpc) is 3.03. The van der Waals surface area contributed by atoms with Crippen LogP contribution in [0.15, 0.2) is 29.0 Å². The summed E-state index contributed by atoms with van der Waals surface area (Å²) in [5, 5.41) is 8.11. The van der Waals surface area contributed by atoms with E-state index in [1.807, 2.05) is 23.9 Å². The third-order valence-electron chi connectivity index (χ3n) is 3.53. The Bertz CT molecular complexity index is 514. The molecule has 2 aromatic heterocycles. The highest BCUT2D eigenvalue weighted by Crippen LogP contribution is 2.17. The quantitative estimate of drug-likeness (QED) is 0.843. The molecule has 0 radical (unpaired) electrons. The second kappa shape index (κ2) is 6.75. The third-order valence-corrected chi connectivity index (χ3v) is 3.53. The molecule has 4 nitrogen and oxygen atoms in total. The molecule has 0 aliphatic carbocycles. The molecule has 4 heteroatoms. The molecule has 2 aromatic rings. The maximum atomic E-state index is 5.36. The largest absolute Gasteiger partial charge is 0.469 e. The highest BCUT2D eigenvalue weighted by molar-refractivity contribution is 5.20. The molecular weight excluding hydrogens is 250 g/mol.